The number of thioether (sulfide) groups is 1. The average molecular weight is 608 g/mol. The number of carbonyl (C=O) groups excluding carboxylic acids is 1. The first-order valence-electron chi connectivity index (χ1n) is 10.1. The number of halogens is 2. The van der Waals surface area contributed by atoms with Crippen LogP contribution in [0.25, 0.3) is 6.08 Å². The fourth-order valence-corrected chi connectivity index (χ4v) is 5.53. The van der Waals surface area contributed by atoms with Crippen LogP contribution in [0.4, 0.5) is 5.69 Å². The van der Waals surface area contributed by atoms with E-state index < -0.39 is 0 Å². The third-order valence-corrected chi connectivity index (χ3v) is 7.05. The van der Waals surface area contributed by atoms with Gasteiger partial charge in [-0.25, -0.2) is 0 Å². The maximum atomic E-state index is 13.1. The largest absolute Gasteiger partial charge is 0.490 e. The standard InChI is InChI=1S/C25H19ClINO3S2/c1-2-30-21-12-17(11-20(27)23(21)31-15-16-7-4-3-5-8-16)13-22-24(29)28(25(32)33-22)19-10-6-9-18(26)14-19/h3-14H,2,15H2,1H3/b22-13-. The molecule has 4 rings (SSSR count). The highest BCUT2D eigenvalue weighted by molar-refractivity contribution is 14.1. The molecule has 0 N–H and O–H groups in total. The summed E-state index contributed by atoms with van der Waals surface area (Å²) in [6.45, 7) is 2.86. The van der Waals surface area contributed by atoms with Crippen molar-refractivity contribution in [1.82, 2.24) is 0 Å². The SMILES string of the molecule is CCOc1cc(/C=C2\SC(=S)N(c3cccc(Cl)c3)C2=O)cc(I)c1OCc1ccccc1. The second-order valence-electron chi connectivity index (χ2n) is 7.03. The third-order valence-electron chi connectivity index (χ3n) is 4.72. The molecule has 168 valence electrons. The van der Waals surface area contributed by atoms with Crippen LogP contribution in [0.1, 0.15) is 18.1 Å². The lowest BCUT2D eigenvalue weighted by Crippen LogP contribution is -2.27. The molecular formula is C25H19ClINO3S2. The molecule has 0 atom stereocenters. The zero-order chi connectivity index (χ0) is 23.4. The van der Waals surface area contributed by atoms with Crippen molar-refractivity contribution in [1.29, 1.82) is 0 Å². The summed E-state index contributed by atoms with van der Waals surface area (Å²) in [5.41, 5.74) is 2.56. The van der Waals surface area contributed by atoms with E-state index in [1.165, 1.54) is 16.7 Å². The topological polar surface area (TPSA) is 38.8 Å². The van der Waals surface area contributed by atoms with Gasteiger partial charge < -0.3 is 9.47 Å². The number of thiocarbonyl (C=S) groups is 1. The number of carbonyl (C=O) groups is 1. The molecule has 1 fully saturated rings. The van der Waals surface area contributed by atoms with Crippen molar-refractivity contribution >= 4 is 80.2 Å². The summed E-state index contributed by atoms with van der Waals surface area (Å²) in [6, 6.07) is 20.9. The highest BCUT2D eigenvalue weighted by atomic mass is 127. The Morgan fingerprint density at radius 2 is 1.88 bits per heavy atom. The minimum Gasteiger partial charge on any atom is -0.490 e. The monoisotopic (exact) mass is 607 g/mol. The van der Waals surface area contributed by atoms with Gasteiger partial charge in [0.15, 0.2) is 15.8 Å². The Morgan fingerprint density at radius 1 is 1.09 bits per heavy atom. The summed E-state index contributed by atoms with van der Waals surface area (Å²) in [5, 5.41) is 0.549. The quantitative estimate of drug-likeness (QED) is 0.160. The molecule has 0 aromatic heterocycles. The van der Waals surface area contributed by atoms with Gasteiger partial charge in [-0.3, -0.25) is 9.69 Å². The minimum atomic E-state index is -0.176. The Morgan fingerprint density at radius 3 is 2.61 bits per heavy atom. The molecule has 3 aromatic carbocycles. The summed E-state index contributed by atoms with van der Waals surface area (Å²) in [7, 11) is 0. The predicted molar refractivity (Wildman–Crippen MR) is 148 cm³/mol. The Bertz CT molecular complexity index is 1230. The van der Waals surface area contributed by atoms with Gasteiger partial charge in [-0.1, -0.05) is 72.0 Å². The first kappa shape index (κ1) is 24.1. The fourth-order valence-electron chi connectivity index (χ4n) is 3.26. The lowest BCUT2D eigenvalue weighted by Gasteiger charge is -2.15. The molecule has 3 aromatic rings. The second-order valence-corrected chi connectivity index (χ2v) is 10.3. The number of anilines is 1. The number of rotatable bonds is 7. The van der Waals surface area contributed by atoms with Gasteiger partial charge in [0.25, 0.3) is 5.91 Å². The Labute approximate surface area is 221 Å². The van der Waals surface area contributed by atoms with E-state index in [0.29, 0.717) is 44.6 Å². The van der Waals surface area contributed by atoms with E-state index in [0.717, 1.165) is 14.7 Å². The van der Waals surface area contributed by atoms with E-state index in [2.05, 4.69) is 22.6 Å². The molecule has 33 heavy (non-hydrogen) atoms. The van der Waals surface area contributed by atoms with Gasteiger partial charge in [-0.2, -0.15) is 0 Å². The van der Waals surface area contributed by atoms with Gasteiger partial charge in [0.2, 0.25) is 0 Å². The number of hydrogen-bond acceptors (Lipinski definition) is 5. The third kappa shape index (κ3) is 5.71. The summed E-state index contributed by atoms with van der Waals surface area (Å²) < 4.78 is 13.3. The van der Waals surface area contributed by atoms with Crippen molar-refractivity contribution < 1.29 is 14.3 Å². The van der Waals surface area contributed by atoms with Gasteiger partial charge in [-0.05, 0) is 77.0 Å². The molecule has 1 saturated heterocycles. The van der Waals surface area contributed by atoms with Crippen LogP contribution in [0.2, 0.25) is 5.02 Å². The van der Waals surface area contributed by atoms with Gasteiger partial charge in [0.1, 0.15) is 6.61 Å². The summed E-state index contributed by atoms with van der Waals surface area (Å²) in [4.78, 5) is 15.1. The first-order chi connectivity index (χ1) is 16.0. The molecule has 0 aliphatic carbocycles. The van der Waals surface area contributed by atoms with Crippen LogP contribution in [-0.2, 0) is 11.4 Å². The van der Waals surface area contributed by atoms with Crippen LogP contribution in [0.15, 0.2) is 71.6 Å². The highest BCUT2D eigenvalue weighted by Gasteiger charge is 2.33. The van der Waals surface area contributed by atoms with Gasteiger partial charge in [0, 0.05) is 5.02 Å². The number of hydrogen-bond donors (Lipinski definition) is 0. The van der Waals surface area contributed by atoms with E-state index in [1.807, 2.05) is 61.5 Å². The molecule has 0 bridgehead atoms. The zero-order valence-electron chi connectivity index (χ0n) is 17.6. The molecular weight excluding hydrogens is 589 g/mol. The van der Waals surface area contributed by atoms with E-state index >= 15 is 0 Å². The van der Waals surface area contributed by atoms with Crippen molar-refractivity contribution in [2.45, 2.75) is 13.5 Å². The Kier molecular flexibility index (Phi) is 7.95. The van der Waals surface area contributed by atoms with Crippen LogP contribution < -0.4 is 14.4 Å². The maximum Gasteiger partial charge on any atom is 0.270 e. The van der Waals surface area contributed by atoms with Crippen molar-refractivity contribution in [2.75, 3.05) is 11.5 Å². The van der Waals surface area contributed by atoms with Gasteiger partial charge in [-0.15, -0.1) is 0 Å². The van der Waals surface area contributed by atoms with Crippen LogP contribution in [-0.4, -0.2) is 16.8 Å². The van der Waals surface area contributed by atoms with Gasteiger partial charge >= 0.3 is 0 Å². The molecule has 1 heterocycles. The lowest BCUT2D eigenvalue weighted by molar-refractivity contribution is -0.113. The molecule has 1 aliphatic rings. The molecule has 0 unspecified atom stereocenters. The van der Waals surface area contributed by atoms with E-state index in [9.17, 15) is 4.79 Å². The normalized spacial score (nSPS) is 14.8. The van der Waals surface area contributed by atoms with Crippen LogP contribution >= 0.6 is 58.2 Å². The number of amides is 1. The molecule has 0 saturated carbocycles. The maximum absolute atomic E-state index is 13.1. The predicted octanol–water partition coefficient (Wildman–Crippen LogP) is 7.33. The molecule has 1 aliphatic heterocycles. The minimum absolute atomic E-state index is 0.176. The summed E-state index contributed by atoms with van der Waals surface area (Å²) >= 11 is 15.1. The molecule has 0 radical (unpaired) electrons. The van der Waals surface area contributed by atoms with Crippen molar-refractivity contribution in [3.8, 4) is 11.5 Å². The van der Waals surface area contributed by atoms with Crippen LogP contribution in [0, 0.1) is 3.57 Å². The summed E-state index contributed by atoms with van der Waals surface area (Å²) in [6.07, 6.45) is 1.83. The first-order valence-corrected chi connectivity index (χ1v) is 12.8. The number of nitrogens with zero attached hydrogens (tertiary/aromatic N) is 1. The molecule has 0 spiro atoms. The highest BCUT2D eigenvalue weighted by Crippen LogP contribution is 2.39. The van der Waals surface area contributed by atoms with E-state index in [4.69, 9.17) is 33.3 Å². The Hall–Kier alpha value is -2.07. The van der Waals surface area contributed by atoms with Crippen molar-refractivity contribution in [3.63, 3.8) is 0 Å². The van der Waals surface area contributed by atoms with Crippen LogP contribution in [0.5, 0.6) is 11.5 Å². The van der Waals surface area contributed by atoms with Gasteiger partial charge in [0.05, 0.1) is 20.8 Å². The summed E-state index contributed by atoms with van der Waals surface area (Å²) in [5.74, 6) is 1.14. The van der Waals surface area contributed by atoms with E-state index in [-0.39, 0.29) is 5.91 Å². The second kappa shape index (κ2) is 10.9. The van der Waals surface area contributed by atoms with Crippen LogP contribution in [0.3, 0.4) is 0 Å². The molecule has 4 nitrogen and oxygen atoms in total. The number of benzene rings is 3. The van der Waals surface area contributed by atoms with Crippen molar-refractivity contribution in [2.24, 2.45) is 0 Å². The average Bonchev–Trinajstić information content (AvgIpc) is 3.07. The lowest BCUT2D eigenvalue weighted by atomic mass is 10.1. The zero-order valence-corrected chi connectivity index (χ0v) is 22.1. The molecule has 1 amide bonds. The van der Waals surface area contributed by atoms with Crippen molar-refractivity contribution in [3.05, 3.63) is 91.4 Å². The number of ether oxygens (including phenoxy) is 2. The molecule has 8 heteroatoms. The smallest absolute Gasteiger partial charge is 0.270 e. The Balaban J connectivity index is 1.61. The fraction of sp³-hybridized carbons (Fsp3) is 0.120. The van der Waals surface area contributed by atoms with E-state index in [1.54, 1.807) is 18.2 Å².